The second-order valence-electron chi connectivity index (χ2n) is 6.30. The summed E-state index contributed by atoms with van der Waals surface area (Å²) in [6.45, 7) is 10.5. The molecule has 1 aliphatic rings. The molecule has 1 fully saturated rings. The Hall–Kier alpha value is -0.510. The highest BCUT2D eigenvalue weighted by Crippen LogP contribution is 2.18. The maximum atomic E-state index is 3.77. The molecule has 1 heterocycles. The molecule has 1 aromatic carbocycles. The van der Waals surface area contributed by atoms with Crippen LogP contribution in [0.25, 0.3) is 0 Å². The first-order valence-electron chi connectivity index (χ1n) is 8.29. The van der Waals surface area contributed by atoms with Crippen LogP contribution in [0.4, 0.5) is 0 Å². The minimum Gasteiger partial charge on any atom is -0.311 e. The Kier molecular flexibility index (Phi) is 7.08. The molecule has 0 saturated carbocycles. The molecule has 2 rings (SSSR count). The molecule has 0 aromatic heterocycles. The number of rotatable bonds is 7. The smallest absolute Gasteiger partial charge is 0.0244 e. The topological polar surface area (TPSA) is 15.3 Å². The molecule has 21 heavy (non-hydrogen) atoms. The number of benzene rings is 1. The molecule has 1 saturated heterocycles. The van der Waals surface area contributed by atoms with Crippen molar-refractivity contribution in [1.82, 2.24) is 10.2 Å². The van der Waals surface area contributed by atoms with Crippen LogP contribution in [0.1, 0.15) is 26.3 Å². The van der Waals surface area contributed by atoms with Crippen LogP contribution in [-0.2, 0) is 6.42 Å². The van der Waals surface area contributed by atoms with Gasteiger partial charge in [-0.05, 0) is 23.7 Å². The summed E-state index contributed by atoms with van der Waals surface area (Å²) in [6.07, 6.45) is 1.14. The van der Waals surface area contributed by atoms with Gasteiger partial charge in [-0.15, -0.1) is 0 Å². The first-order chi connectivity index (χ1) is 10.2. The molecule has 0 spiro atoms. The van der Waals surface area contributed by atoms with Crippen molar-refractivity contribution in [1.29, 1.82) is 0 Å². The van der Waals surface area contributed by atoms with Crippen molar-refractivity contribution in [2.75, 3.05) is 31.1 Å². The molecule has 2 unspecified atom stereocenters. The lowest BCUT2D eigenvalue weighted by molar-refractivity contribution is 0.106. The van der Waals surface area contributed by atoms with Gasteiger partial charge in [0, 0.05) is 37.5 Å². The van der Waals surface area contributed by atoms with Gasteiger partial charge in [-0.2, -0.15) is 11.8 Å². The summed E-state index contributed by atoms with van der Waals surface area (Å²) in [6, 6.07) is 12.2. The zero-order valence-corrected chi connectivity index (χ0v) is 14.5. The van der Waals surface area contributed by atoms with E-state index in [-0.39, 0.29) is 0 Å². The Balaban J connectivity index is 1.91. The standard InChI is InChI=1S/C18H30N2S/c1-4-21-11-10-20-14-17(19-13-18(20)15(2)3)12-16-8-6-5-7-9-16/h5-9,15,17-19H,4,10-14H2,1-3H3. The van der Waals surface area contributed by atoms with Gasteiger partial charge in [-0.25, -0.2) is 0 Å². The van der Waals surface area contributed by atoms with Gasteiger partial charge >= 0.3 is 0 Å². The van der Waals surface area contributed by atoms with Crippen LogP contribution in [0, 0.1) is 5.92 Å². The van der Waals surface area contributed by atoms with Crippen LogP contribution < -0.4 is 5.32 Å². The van der Waals surface area contributed by atoms with E-state index in [1.54, 1.807) is 0 Å². The van der Waals surface area contributed by atoms with E-state index in [1.165, 1.54) is 30.2 Å². The fourth-order valence-electron chi connectivity index (χ4n) is 3.18. The summed E-state index contributed by atoms with van der Waals surface area (Å²) in [5.41, 5.74) is 1.45. The number of hydrogen-bond acceptors (Lipinski definition) is 3. The van der Waals surface area contributed by atoms with Crippen molar-refractivity contribution in [3.63, 3.8) is 0 Å². The third kappa shape index (κ3) is 5.32. The van der Waals surface area contributed by atoms with Crippen LogP contribution in [0.3, 0.4) is 0 Å². The lowest BCUT2D eigenvalue weighted by Crippen LogP contribution is -2.59. The monoisotopic (exact) mass is 306 g/mol. The van der Waals surface area contributed by atoms with E-state index in [0.717, 1.165) is 18.9 Å². The van der Waals surface area contributed by atoms with E-state index in [1.807, 2.05) is 0 Å². The Labute approximate surface area is 134 Å². The molecule has 1 aromatic rings. The van der Waals surface area contributed by atoms with Crippen molar-refractivity contribution in [2.45, 2.75) is 39.3 Å². The molecule has 0 radical (unpaired) electrons. The van der Waals surface area contributed by atoms with Crippen LogP contribution in [0.5, 0.6) is 0 Å². The average molecular weight is 307 g/mol. The summed E-state index contributed by atoms with van der Waals surface area (Å²) < 4.78 is 0. The van der Waals surface area contributed by atoms with Crippen molar-refractivity contribution < 1.29 is 0 Å². The second kappa shape index (κ2) is 8.82. The van der Waals surface area contributed by atoms with Gasteiger partial charge in [0.05, 0.1) is 0 Å². The maximum Gasteiger partial charge on any atom is 0.0244 e. The Morgan fingerprint density at radius 2 is 2.05 bits per heavy atom. The minimum atomic E-state index is 0.592. The molecule has 0 aliphatic carbocycles. The fraction of sp³-hybridized carbons (Fsp3) is 0.667. The lowest BCUT2D eigenvalue weighted by atomic mass is 9.96. The van der Waals surface area contributed by atoms with Gasteiger partial charge in [-0.3, -0.25) is 4.90 Å². The molecule has 3 heteroatoms. The number of nitrogens with one attached hydrogen (secondary N) is 1. The highest BCUT2D eigenvalue weighted by Gasteiger charge is 2.29. The summed E-state index contributed by atoms with van der Waals surface area (Å²) in [4.78, 5) is 2.72. The van der Waals surface area contributed by atoms with E-state index in [9.17, 15) is 0 Å². The van der Waals surface area contributed by atoms with E-state index in [4.69, 9.17) is 0 Å². The van der Waals surface area contributed by atoms with Crippen LogP contribution in [0.2, 0.25) is 0 Å². The molecule has 2 nitrogen and oxygen atoms in total. The highest BCUT2D eigenvalue weighted by atomic mass is 32.2. The van der Waals surface area contributed by atoms with E-state index < -0.39 is 0 Å². The Morgan fingerprint density at radius 3 is 2.71 bits per heavy atom. The Bertz CT molecular complexity index is 393. The zero-order chi connectivity index (χ0) is 15.1. The minimum absolute atomic E-state index is 0.592. The van der Waals surface area contributed by atoms with Crippen LogP contribution >= 0.6 is 11.8 Å². The maximum absolute atomic E-state index is 3.77. The second-order valence-corrected chi connectivity index (χ2v) is 7.69. The quantitative estimate of drug-likeness (QED) is 0.778. The van der Waals surface area contributed by atoms with Crippen LogP contribution in [0.15, 0.2) is 30.3 Å². The molecule has 1 aliphatic heterocycles. The molecule has 118 valence electrons. The molecular weight excluding hydrogens is 276 g/mol. The first kappa shape index (κ1) is 16.9. The molecule has 0 amide bonds. The fourth-order valence-corrected chi connectivity index (χ4v) is 3.83. The third-order valence-corrected chi connectivity index (χ3v) is 5.24. The molecule has 1 N–H and O–H groups in total. The van der Waals surface area contributed by atoms with Crippen molar-refractivity contribution in [2.24, 2.45) is 5.92 Å². The first-order valence-corrected chi connectivity index (χ1v) is 9.45. The van der Waals surface area contributed by atoms with E-state index in [2.05, 4.69) is 73.1 Å². The predicted molar refractivity (Wildman–Crippen MR) is 95.1 cm³/mol. The normalized spacial score (nSPS) is 23.6. The predicted octanol–water partition coefficient (Wildman–Crippen LogP) is 3.28. The molecular formula is C18H30N2S. The van der Waals surface area contributed by atoms with Gasteiger partial charge in [0.1, 0.15) is 0 Å². The molecule has 0 bridgehead atoms. The number of nitrogens with zero attached hydrogens (tertiary/aromatic N) is 1. The van der Waals surface area contributed by atoms with Gasteiger partial charge in [0.25, 0.3) is 0 Å². The average Bonchev–Trinajstić information content (AvgIpc) is 2.48. The van der Waals surface area contributed by atoms with Crippen LogP contribution in [-0.4, -0.2) is 48.1 Å². The summed E-state index contributed by atoms with van der Waals surface area (Å²) in [7, 11) is 0. The van der Waals surface area contributed by atoms with Gasteiger partial charge in [0.15, 0.2) is 0 Å². The van der Waals surface area contributed by atoms with E-state index in [0.29, 0.717) is 12.1 Å². The summed E-state index contributed by atoms with van der Waals surface area (Å²) in [5, 5.41) is 3.77. The summed E-state index contributed by atoms with van der Waals surface area (Å²) >= 11 is 2.06. The number of thioether (sulfide) groups is 1. The zero-order valence-electron chi connectivity index (χ0n) is 13.7. The van der Waals surface area contributed by atoms with Crippen molar-refractivity contribution in [3.05, 3.63) is 35.9 Å². The van der Waals surface area contributed by atoms with Gasteiger partial charge in [-0.1, -0.05) is 51.1 Å². The third-order valence-electron chi connectivity index (χ3n) is 4.36. The lowest BCUT2D eigenvalue weighted by Gasteiger charge is -2.42. The van der Waals surface area contributed by atoms with Crippen molar-refractivity contribution in [3.8, 4) is 0 Å². The number of piperazine rings is 1. The van der Waals surface area contributed by atoms with Gasteiger partial charge < -0.3 is 5.32 Å². The van der Waals surface area contributed by atoms with Crippen molar-refractivity contribution >= 4 is 11.8 Å². The summed E-state index contributed by atoms with van der Waals surface area (Å²) in [5.74, 6) is 3.21. The van der Waals surface area contributed by atoms with E-state index >= 15 is 0 Å². The van der Waals surface area contributed by atoms with Gasteiger partial charge in [0.2, 0.25) is 0 Å². The molecule has 2 atom stereocenters. The number of hydrogen-bond donors (Lipinski definition) is 1. The largest absolute Gasteiger partial charge is 0.311 e. The SMILES string of the molecule is CCSCCN1CC(Cc2ccccc2)NCC1C(C)C. The highest BCUT2D eigenvalue weighted by molar-refractivity contribution is 7.99. The Morgan fingerprint density at radius 1 is 1.29 bits per heavy atom.